The number of nitrogens with zero attached hydrogens (tertiary/aromatic N) is 1. The van der Waals surface area contributed by atoms with E-state index in [4.69, 9.17) is 0 Å². The number of rotatable bonds is 1. The Morgan fingerprint density at radius 2 is 2.23 bits per heavy atom. The van der Waals surface area contributed by atoms with Gasteiger partial charge in [-0.05, 0) is 25.0 Å². The minimum Gasteiger partial charge on any atom is -0.374 e. The van der Waals surface area contributed by atoms with Gasteiger partial charge in [0.15, 0.2) is 5.78 Å². The van der Waals surface area contributed by atoms with Gasteiger partial charge in [-0.15, -0.1) is 0 Å². The van der Waals surface area contributed by atoms with E-state index in [-0.39, 0.29) is 5.78 Å². The van der Waals surface area contributed by atoms with Gasteiger partial charge in [0.25, 0.3) is 0 Å². The number of hydrogen-bond donors (Lipinski definition) is 0. The van der Waals surface area contributed by atoms with E-state index in [0.29, 0.717) is 0 Å². The standard InChI is InChI=1S/C11H13NO/c1-8(13)10-4-3-9-5-6-12(2)11(9)7-10/h3-4,7H,5-6H2,1-2H3. The molecule has 0 fully saturated rings. The fourth-order valence-corrected chi connectivity index (χ4v) is 1.76. The molecule has 2 rings (SSSR count). The molecule has 0 unspecified atom stereocenters. The molecule has 13 heavy (non-hydrogen) atoms. The Morgan fingerprint density at radius 1 is 1.46 bits per heavy atom. The molecular weight excluding hydrogens is 162 g/mol. The van der Waals surface area contributed by atoms with Crippen LogP contribution >= 0.6 is 0 Å². The molecule has 0 amide bonds. The zero-order valence-electron chi connectivity index (χ0n) is 8.00. The third-order valence-corrected chi connectivity index (χ3v) is 2.62. The summed E-state index contributed by atoms with van der Waals surface area (Å²) in [5, 5.41) is 0. The molecule has 1 aliphatic rings. The third kappa shape index (κ3) is 1.32. The normalized spacial score (nSPS) is 14.5. The van der Waals surface area contributed by atoms with Gasteiger partial charge in [-0.2, -0.15) is 0 Å². The number of benzene rings is 1. The maximum Gasteiger partial charge on any atom is 0.159 e. The van der Waals surface area contributed by atoms with Crippen molar-refractivity contribution in [1.82, 2.24) is 0 Å². The summed E-state index contributed by atoms with van der Waals surface area (Å²) in [7, 11) is 2.07. The van der Waals surface area contributed by atoms with Crippen molar-refractivity contribution in [2.75, 3.05) is 18.5 Å². The highest BCUT2D eigenvalue weighted by molar-refractivity contribution is 5.95. The summed E-state index contributed by atoms with van der Waals surface area (Å²) in [6.07, 6.45) is 1.10. The highest BCUT2D eigenvalue weighted by atomic mass is 16.1. The number of Topliss-reactive ketones (excluding diaryl/α,β-unsaturated/α-hetero) is 1. The van der Waals surface area contributed by atoms with Crippen LogP contribution in [0.15, 0.2) is 18.2 Å². The Hall–Kier alpha value is -1.31. The van der Waals surface area contributed by atoms with Crippen molar-refractivity contribution in [3.63, 3.8) is 0 Å². The largest absolute Gasteiger partial charge is 0.374 e. The van der Waals surface area contributed by atoms with Crippen LogP contribution in [0.1, 0.15) is 22.8 Å². The van der Waals surface area contributed by atoms with E-state index in [2.05, 4.69) is 18.0 Å². The molecule has 0 saturated carbocycles. The second kappa shape index (κ2) is 2.87. The van der Waals surface area contributed by atoms with Crippen molar-refractivity contribution in [2.45, 2.75) is 13.3 Å². The van der Waals surface area contributed by atoms with Crippen LogP contribution in [-0.4, -0.2) is 19.4 Å². The fourth-order valence-electron chi connectivity index (χ4n) is 1.76. The molecule has 0 aromatic heterocycles. The van der Waals surface area contributed by atoms with Gasteiger partial charge in [0.2, 0.25) is 0 Å². The fraction of sp³-hybridized carbons (Fsp3) is 0.364. The van der Waals surface area contributed by atoms with E-state index in [1.165, 1.54) is 11.3 Å². The molecule has 1 aromatic carbocycles. The Balaban J connectivity index is 2.47. The topological polar surface area (TPSA) is 20.3 Å². The maximum absolute atomic E-state index is 11.1. The van der Waals surface area contributed by atoms with E-state index in [1.54, 1.807) is 6.92 Å². The van der Waals surface area contributed by atoms with Crippen molar-refractivity contribution < 1.29 is 4.79 Å². The van der Waals surface area contributed by atoms with Gasteiger partial charge in [0.1, 0.15) is 0 Å². The SMILES string of the molecule is CC(=O)c1ccc2c(c1)N(C)CC2. The molecule has 1 aromatic rings. The summed E-state index contributed by atoms with van der Waals surface area (Å²) in [6.45, 7) is 2.67. The lowest BCUT2D eigenvalue weighted by Crippen LogP contribution is -2.12. The molecular formula is C11H13NO. The van der Waals surface area contributed by atoms with E-state index in [0.717, 1.165) is 18.5 Å². The van der Waals surface area contributed by atoms with Crippen LogP contribution in [0.25, 0.3) is 0 Å². The van der Waals surface area contributed by atoms with Gasteiger partial charge < -0.3 is 4.90 Å². The van der Waals surface area contributed by atoms with Crippen LogP contribution in [0.5, 0.6) is 0 Å². The number of likely N-dealkylation sites (N-methyl/N-ethyl adjacent to an activating group) is 1. The molecule has 68 valence electrons. The molecule has 0 N–H and O–H groups in total. The van der Waals surface area contributed by atoms with Gasteiger partial charge in [-0.25, -0.2) is 0 Å². The van der Waals surface area contributed by atoms with Crippen molar-refractivity contribution >= 4 is 11.5 Å². The number of anilines is 1. The molecule has 0 bridgehead atoms. The summed E-state index contributed by atoms with van der Waals surface area (Å²) < 4.78 is 0. The van der Waals surface area contributed by atoms with Crippen LogP contribution in [0.4, 0.5) is 5.69 Å². The lowest BCUT2D eigenvalue weighted by Gasteiger charge is -2.12. The van der Waals surface area contributed by atoms with Gasteiger partial charge in [-0.1, -0.05) is 12.1 Å². The van der Waals surface area contributed by atoms with Gasteiger partial charge in [-0.3, -0.25) is 4.79 Å². The average molecular weight is 175 g/mol. The minimum atomic E-state index is 0.142. The van der Waals surface area contributed by atoms with Gasteiger partial charge >= 0.3 is 0 Å². The Morgan fingerprint density at radius 3 is 2.92 bits per heavy atom. The van der Waals surface area contributed by atoms with Crippen LogP contribution in [0.3, 0.4) is 0 Å². The Bertz CT molecular complexity index is 357. The number of carbonyl (C=O) groups is 1. The zero-order valence-corrected chi connectivity index (χ0v) is 8.00. The quantitative estimate of drug-likeness (QED) is 0.607. The van der Waals surface area contributed by atoms with Gasteiger partial charge in [0, 0.05) is 24.8 Å². The van der Waals surface area contributed by atoms with E-state index >= 15 is 0 Å². The lowest BCUT2D eigenvalue weighted by atomic mass is 10.1. The summed E-state index contributed by atoms with van der Waals surface area (Å²) >= 11 is 0. The van der Waals surface area contributed by atoms with E-state index in [1.807, 2.05) is 12.1 Å². The van der Waals surface area contributed by atoms with Crippen LogP contribution in [0.2, 0.25) is 0 Å². The molecule has 0 spiro atoms. The van der Waals surface area contributed by atoms with Crippen molar-refractivity contribution in [3.05, 3.63) is 29.3 Å². The smallest absolute Gasteiger partial charge is 0.159 e. The van der Waals surface area contributed by atoms with Crippen LogP contribution in [0, 0.1) is 0 Å². The number of carbonyl (C=O) groups excluding carboxylic acids is 1. The van der Waals surface area contributed by atoms with E-state index in [9.17, 15) is 4.79 Å². The first-order chi connectivity index (χ1) is 6.18. The maximum atomic E-state index is 11.1. The molecule has 2 nitrogen and oxygen atoms in total. The molecule has 0 atom stereocenters. The molecule has 0 radical (unpaired) electrons. The first-order valence-corrected chi connectivity index (χ1v) is 4.53. The van der Waals surface area contributed by atoms with Crippen molar-refractivity contribution in [3.8, 4) is 0 Å². The number of fused-ring (bicyclic) bond motifs is 1. The average Bonchev–Trinajstić information content (AvgIpc) is 2.47. The third-order valence-electron chi connectivity index (χ3n) is 2.62. The summed E-state index contributed by atoms with van der Waals surface area (Å²) in [5.74, 6) is 0.142. The second-order valence-corrected chi connectivity index (χ2v) is 3.57. The number of ketones is 1. The second-order valence-electron chi connectivity index (χ2n) is 3.57. The number of hydrogen-bond acceptors (Lipinski definition) is 2. The first kappa shape index (κ1) is 8.30. The summed E-state index contributed by atoms with van der Waals surface area (Å²) in [6, 6.07) is 5.97. The molecule has 2 heteroatoms. The van der Waals surface area contributed by atoms with Gasteiger partial charge in [0.05, 0.1) is 0 Å². The minimum absolute atomic E-state index is 0.142. The summed E-state index contributed by atoms with van der Waals surface area (Å²) in [4.78, 5) is 13.3. The zero-order chi connectivity index (χ0) is 9.42. The molecule has 1 aliphatic heterocycles. The lowest BCUT2D eigenvalue weighted by molar-refractivity contribution is 0.101. The molecule has 1 heterocycles. The van der Waals surface area contributed by atoms with Crippen LogP contribution < -0.4 is 4.90 Å². The predicted octanol–water partition coefficient (Wildman–Crippen LogP) is 1.88. The van der Waals surface area contributed by atoms with Crippen molar-refractivity contribution in [2.24, 2.45) is 0 Å². The monoisotopic (exact) mass is 175 g/mol. The van der Waals surface area contributed by atoms with Crippen LogP contribution in [-0.2, 0) is 6.42 Å². The highest BCUT2D eigenvalue weighted by Gasteiger charge is 2.16. The Kier molecular flexibility index (Phi) is 1.83. The Labute approximate surface area is 78.2 Å². The first-order valence-electron chi connectivity index (χ1n) is 4.53. The summed E-state index contributed by atoms with van der Waals surface area (Å²) in [5.41, 5.74) is 3.38. The predicted molar refractivity (Wildman–Crippen MR) is 53.4 cm³/mol. The molecule has 0 aliphatic carbocycles. The molecule has 0 saturated heterocycles. The van der Waals surface area contributed by atoms with E-state index < -0.39 is 0 Å². The highest BCUT2D eigenvalue weighted by Crippen LogP contribution is 2.27. The van der Waals surface area contributed by atoms with Crippen molar-refractivity contribution in [1.29, 1.82) is 0 Å².